The Morgan fingerprint density at radius 3 is 2.62 bits per heavy atom. The van der Waals surface area contributed by atoms with E-state index in [4.69, 9.17) is 15.0 Å². The molecule has 0 fully saturated rings. The summed E-state index contributed by atoms with van der Waals surface area (Å²) in [6.07, 6.45) is -4.70. The first-order valence-corrected chi connectivity index (χ1v) is 8.45. The molecule has 1 heterocycles. The number of ether oxygens (including phenoxy) is 2. The topological polar surface area (TPSA) is 120 Å². The Labute approximate surface area is 163 Å². The average Bonchev–Trinajstić information content (AvgIpc) is 3.12. The first-order valence-electron chi connectivity index (χ1n) is 8.45. The van der Waals surface area contributed by atoms with Crippen molar-refractivity contribution >= 4 is 12.1 Å². The van der Waals surface area contributed by atoms with Crippen molar-refractivity contribution in [1.82, 2.24) is 14.8 Å². The predicted octanol–water partition coefficient (Wildman–Crippen LogP) is 4.08. The van der Waals surface area contributed by atoms with E-state index in [-0.39, 0.29) is 42.6 Å². The number of aryl methyl sites for hydroxylation is 1. The molecule has 0 aliphatic carbocycles. The lowest BCUT2D eigenvalue weighted by Crippen LogP contribution is -2.15. The molecule has 12 heteroatoms. The molecule has 1 aromatic carbocycles. The van der Waals surface area contributed by atoms with Gasteiger partial charge in [-0.3, -0.25) is 9.48 Å². The summed E-state index contributed by atoms with van der Waals surface area (Å²) >= 11 is 0. The standard InChI is InChI=1S/C17H18F3N5O4/c1-10(2)8-28-16(27)29-13-6-11(5-12(7-13)17(18,19)20)15-22-9-25(24-15)4-3-14(26)23-21/h5-7,9-10,21H,3-4,8H2,1-2H3. The van der Waals surface area contributed by atoms with Gasteiger partial charge in [-0.15, -0.1) is 5.11 Å². The van der Waals surface area contributed by atoms with Crippen LogP contribution in [0.2, 0.25) is 0 Å². The van der Waals surface area contributed by atoms with Crippen LogP contribution in [0.3, 0.4) is 0 Å². The maximum absolute atomic E-state index is 13.2. The molecule has 156 valence electrons. The second-order valence-corrected chi connectivity index (χ2v) is 6.39. The highest BCUT2D eigenvalue weighted by molar-refractivity contribution is 5.75. The molecular weight excluding hydrogens is 395 g/mol. The molecular formula is C17H18F3N5O4. The third-order valence-corrected chi connectivity index (χ3v) is 3.44. The van der Waals surface area contributed by atoms with Crippen LogP contribution in [-0.4, -0.2) is 33.4 Å². The summed E-state index contributed by atoms with van der Waals surface area (Å²) < 4.78 is 50.6. The molecule has 0 bridgehead atoms. The monoisotopic (exact) mass is 413 g/mol. The number of benzene rings is 1. The number of rotatable bonds is 7. The number of nitrogens with zero attached hydrogens (tertiary/aromatic N) is 4. The zero-order valence-corrected chi connectivity index (χ0v) is 15.6. The number of halogens is 3. The van der Waals surface area contributed by atoms with Gasteiger partial charge in [0.2, 0.25) is 0 Å². The molecule has 0 radical (unpaired) electrons. The molecule has 0 saturated carbocycles. The van der Waals surface area contributed by atoms with E-state index in [0.29, 0.717) is 6.07 Å². The number of carbonyl (C=O) groups is 2. The van der Waals surface area contributed by atoms with Crippen molar-refractivity contribution < 1.29 is 32.2 Å². The van der Waals surface area contributed by atoms with E-state index in [9.17, 15) is 22.8 Å². The SMILES string of the molecule is CC(C)COC(=O)Oc1cc(-c2ncn(CCC(=O)N=N)n2)cc(C(F)(F)F)c1. The number of nitrogens with one attached hydrogen (secondary N) is 1. The van der Waals surface area contributed by atoms with Gasteiger partial charge in [-0.05, 0) is 24.1 Å². The minimum Gasteiger partial charge on any atom is -0.434 e. The minimum atomic E-state index is -4.69. The van der Waals surface area contributed by atoms with Crippen LogP contribution in [0.4, 0.5) is 18.0 Å². The van der Waals surface area contributed by atoms with Crippen LogP contribution in [0.15, 0.2) is 29.6 Å². The van der Waals surface area contributed by atoms with Gasteiger partial charge >= 0.3 is 12.3 Å². The number of hydrogen-bond acceptors (Lipinski definition) is 7. The Hall–Kier alpha value is -3.31. The van der Waals surface area contributed by atoms with Crippen LogP contribution in [0.25, 0.3) is 11.4 Å². The molecule has 1 amide bonds. The highest BCUT2D eigenvalue weighted by atomic mass is 19.4. The Morgan fingerprint density at radius 2 is 2.00 bits per heavy atom. The van der Waals surface area contributed by atoms with Gasteiger partial charge < -0.3 is 9.47 Å². The van der Waals surface area contributed by atoms with Crippen molar-refractivity contribution in [2.45, 2.75) is 33.0 Å². The summed E-state index contributed by atoms with van der Waals surface area (Å²) in [6, 6.07) is 2.66. The third kappa shape index (κ3) is 6.66. The second-order valence-electron chi connectivity index (χ2n) is 6.39. The number of aromatic nitrogens is 3. The largest absolute Gasteiger partial charge is 0.513 e. The predicted molar refractivity (Wildman–Crippen MR) is 92.0 cm³/mol. The Kier molecular flexibility index (Phi) is 7.02. The molecule has 2 aromatic rings. The first-order chi connectivity index (χ1) is 13.6. The lowest BCUT2D eigenvalue weighted by atomic mass is 10.1. The zero-order chi connectivity index (χ0) is 21.6. The van der Waals surface area contributed by atoms with Gasteiger partial charge in [0.15, 0.2) is 5.82 Å². The van der Waals surface area contributed by atoms with Gasteiger partial charge in [0.1, 0.15) is 12.1 Å². The summed E-state index contributed by atoms with van der Waals surface area (Å²) in [7, 11) is 0. The van der Waals surface area contributed by atoms with E-state index >= 15 is 0 Å². The van der Waals surface area contributed by atoms with Gasteiger partial charge in [0.25, 0.3) is 5.91 Å². The van der Waals surface area contributed by atoms with Crippen molar-refractivity contribution in [3.63, 3.8) is 0 Å². The molecule has 0 saturated heterocycles. The van der Waals surface area contributed by atoms with Gasteiger partial charge in [-0.25, -0.2) is 15.3 Å². The van der Waals surface area contributed by atoms with Crippen LogP contribution < -0.4 is 4.74 Å². The van der Waals surface area contributed by atoms with E-state index in [2.05, 4.69) is 15.2 Å². The Bertz CT molecular complexity index is 895. The highest BCUT2D eigenvalue weighted by Gasteiger charge is 2.32. The fourth-order valence-corrected chi connectivity index (χ4v) is 2.11. The molecule has 29 heavy (non-hydrogen) atoms. The summed E-state index contributed by atoms with van der Waals surface area (Å²) in [5.41, 5.74) is 5.51. The van der Waals surface area contributed by atoms with E-state index in [1.165, 1.54) is 17.1 Å². The minimum absolute atomic E-state index is 0.0301. The van der Waals surface area contributed by atoms with E-state index < -0.39 is 23.8 Å². The van der Waals surface area contributed by atoms with Crippen molar-refractivity contribution in [2.24, 2.45) is 11.0 Å². The smallest absolute Gasteiger partial charge is 0.434 e. The summed E-state index contributed by atoms with van der Waals surface area (Å²) in [6.45, 7) is 3.70. The molecule has 0 atom stereocenters. The molecule has 1 aromatic heterocycles. The molecule has 2 rings (SSSR count). The summed E-state index contributed by atoms with van der Waals surface area (Å²) in [4.78, 5) is 26.7. The fraction of sp³-hybridized carbons (Fsp3) is 0.412. The number of carbonyl (C=O) groups excluding carboxylic acids is 2. The van der Waals surface area contributed by atoms with Gasteiger partial charge in [-0.2, -0.15) is 18.3 Å². The van der Waals surface area contributed by atoms with E-state index in [1.807, 2.05) is 0 Å². The molecule has 0 aliphatic rings. The van der Waals surface area contributed by atoms with Gasteiger partial charge in [0.05, 0.1) is 25.1 Å². The van der Waals surface area contributed by atoms with Gasteiger partial charge in [0, 0.05) is 5.56 Å². The van der Waals surface area contributed by atoms with Crippen LogP contribution in [0.1, 0.15) is 25.8 Å². The van der Waals surface area contributed by atoms with E-state index in [1.54, 1.807) is 13.8 Å². The normalized spacial score (nSPS) is 11.4. The van der Waals surface area contributed by atoms with Crippen molar-refractivity contribution in [3.05, 3.63) is 30.1 Å². The van der Waals surface area contributed by atoms with Gasteiger partial charge in [-0.1, -0.05) is 13.8 Å². The first kappa shape index (κ1) is 22.0. The van der Waals surface area contributed by atoms with Crippen molar-refractivity contribution in [2.75, 3.05) is 6.61 Å². The summed E-state index contributed by atoms with van der Waals surface area (Å²) in [5, 5.41) is 6.74. The maximum Gasteiger partial charge on any atom is 0.513 e. The molecule has 1 N–H and O–H groups in total. The van der Waals surface area contributed by atoms with Crippen LogP contribution in [0.5, 0.6) is 5.75 Å². The molecule has 0 aliphatic heterocycles. The van der Waals surface area contributed by atoms with Crippen molar-refractivity contribution in [3.8, 4) is 17.1 Å². The lowest BCUT2D eigenvalue weighted by Gasteiger charge is -2.12. The quantitative estimate of drug-likeness (QED) is 0.415. The fourth-order valence-electron chi connectivity index (χ4n) is 2.11. The second kappa shape index (κ2) is 9.26. The number of hydrogen-bond donors (Lipinski definition) is 1. The highest BCUT2D eigenvalue weighted by Crippen LogP contribution is 2.35. The number of amides is 1. The van der Waals surface area contributed by atoms with Crippen LogP contribution in [0, 0.1) is 11.4 Å². The average molecular weight is 413 g/mol. The molecule has 0 unspecified atom stereocenters. The Morgan fingerprint density at radius 1 is 1.28 bits per heavy atom. The molecule has 9 nitrogen and oxygen atoms in total. The zero-order valence-electron chi connectivity index (χ0n) is 15.6. The molecule has 0 spiro atoms. The lowest BCUT2D eigenvalue weighted by molar-refractivity contribution is -0.137. The summed E-state index contributed by atoms with van der Waals surface area (Å²) in [5.74, 6) is -1.07. The van der Waals surface area contributed by atoms with E-state index in [0.717, 1.165) is 6.07 Å². The van der Waals surface area contributed by atoms with Crippen LogP contribution in [-0.2, 0) is 22.3 Å². The third-order valence-electron chi connectivity index (χ3n) is 3.44. The number of alkyl halides is 3. The Balaban J connectivity index is 2.27. The van der Waals surface area contributed by atoms with Crippen LogP contribution >= 0.6 is 0 Å². The maximum atomic E-state index is 13.2. The van der Waals surface area contributed by atoms with Crippen molar-refractivity contribution in [1.29, 1.82) is 5.53 Å².